The summed E-state index contributed by atoms with van der Waals surface area (Å²) in [5.74, 6) is 5.29. The fourth-order valence-corrected chi connectivity index (χ4v) is 2.17. The lowest BCUT2D eigenvalue weighted by atomic mass is 10.1. The Morgan fingerprint density at radius 2 is 2.33 bits per heavy atom. The molecule has 1 fully saturated rings. The van der Waals surface area contributed by atoms with Crippen LogP contribution in [-0.4, -0.2) is 34.1 Å². The van der Waals surface area contributed by atoms with Crippen molar-refractivity contribution >= 4 is 5.91 Å². The number of nitrogens with two attached hydrogens (primary N) is 1. The molecule has 1 heterocycles. The highest BCUT2D eigenvalue weighted by Gasteiger charge is 2.14. The van der Waals surface area contributed by atoms with Crippen molar-refractivity contribution < 1.29 is 9.53 Å². The van der Waals surface area contributed by atoms with Crippen LogP contribution in [0, 0.1) is 5.92 Å². The summed E-state index contributed by atoms with van der Waals surface area (Å²) in [6.07, 6.45) is 6.78. The number of ether oxygens (including phenoxy) is 1. The number of aromatic nitrogens is 3. The maximum absolute atomic E-state index is 11.1. The van der Waals surface area contributed by atoms with Crippen LogP contribution in [0.3, 0.4) is 0 Å². The number of carbonyl (C=O) groups is 1. The van der Waals surface area contributed by atoms with Crippen LogP contribution in [-0.2, 0) is 11.3 Å². The van der Waals surface area contributed by atoms with E-state index in [2.05, 4.69) is 10.3 Å². The number of hydrazine groups is 1. The molecule has 7 nitrogen and oxygen atoms in total. The molecule has 0 spiro atoms. The van der Waals surface area contributed by atoms with Gasteiger partial charge in [0.05, 0.1) is 19.3 Å². The minimum atomic E-state index is -0.437. The van der Waals surface area contributed by atoms with Gasteiger partial charge in [-0.2, -0.15) is 0 Å². The second kappa shape index (κ2) is 6.46. The molecule has 1 aromatic heterocycles. The Kier molecular flexibility index (Phi) is 4.66. The summed E-state index contributed by atoms with van der Waals surface area (Å²) in [7, 11) is 0. The summed E-state index contributed by atoms with van der Waals surface area (Å²) in [5.41, 5.74) is 2.23. The second-order valence-electron chi connectivity index (χ2n) is 4.57. The Morgan fingerprint density at radius 1 is 1.56 bits per heavy atom. The standard InChI is InChI=1S/C11H19N5O2/c12-13-11(17)10-7-16(15-14-10)5-6-18-8-9-3-1-2-4-9/h7,9H,1-6,8,12H2,(H,13,17). The summed E-state index contributed by atoms with van der Waals surface area (Å²) in [6.45, 7) is 2.01. The predicted octanol–water partition coefficient (Wildman–Crippen LogP) is 0.0884. The van der Waals surface area contributed by atoms with Crippen LogP contribution in [0.1, 0.15) is 36.2 Å². The Hall–Kier alpha value is -1.47. The van der Waals surface area contributed by atoms with Gasteiger partial charge in [0.2, 0.25) is 0 Å². The van der Waals surface area contributed by atoms with Crippen LogP contribution < -0.4 is 11.3 Å². The molecule has 0 radical (unpaired) electrons. The lowest BCUT2D eigenvalue weighted by molar-refractivity contribution is 0.0924. The molecule has 0 unspecified atom stereocenters. The molecular formula is C11H19N5O2. The average molecular weight is 253 g/mol. The summed E-state index contributed by atoms with van der Waals surface area (Å²) < 4.78 is 7.19. The number of nitrogens with one attached hydrogen (secondary N) is 1. The van der Waals surface area contributed by atoms with Gasteiger partial charge in [0, 0.05) is 6.61 Å². The van der Waals surface area contributed by atoms with Gasteiger partial charge in [-0.1, -0.05) is 18.1 Å². The highest BCUT2D eigenvalue weighted by atomic mass is 16.5. The quantitative estimate of drug-likeness (QED) is 0.324. The molecule has 1 aliphatic rings. The first-order chi connectivity index (χ1) is 8.79. The lowest BCUT2D eigenvalue weighted by Crippen LogP contribution is -2.30. The summed E-state index contributed by atoms with van der Waals surface area (Å²) in [6, 6.07) is 0. The second-order valence-corrected chi connectivity index (χ2v) is 4.57. The van der Waals surface area contributed by atoms with Crippen LogP contribution in [0.15, 0.2) is 6.20 Å². The van der Waals surface area contributed by atoms with Crippen molar-refractivity contribution in [1.82, 2.24) is 20.4 Å². The van der Waals surface area contributed by atoms with Gasteiger partial charge in [-0.15, -0.1) is 5.10 Å². The SMILES string of the molecule is NNC(=O)c1cn(CCOCC2CCCC2)nn1. The fourth-order valence-electron chi connectivity index (χ4n) is 2.17. The van der Waals surface area contributed by atoms with Gasteiger partial charge in [-0.25, -0.2) is 10.5 Å². The van der Waals surface area contributed by atoms with Crippen LogP contribution in [0.5, 0.6) is 0 Å². The first kappa shape index (κ1) is 13.0. The average Bonchev–Trinajstić information content (AvgIpc) is 3.05. The minimum Gasteiger partial charge on any atom is -0.379 e. The Morgan fingerprint density at radius 3 is 3.06 bits per heavy atom. The van der Waals surface area contributed by atoms with Crippen molar-refractivity contribution in [2.45, 2.75) is 32.2 Å². The molecule has 0 aromatic carbocycles. The van der Waals surface area contributed by atoms with Gasteiger partial charge in [0.15, 0.2) is 5.69 Å². The predicted molar refractivity (Wildman–Crippen MR) is 64.5 cm³/mol. The van der Waals surface area contributed by atoms with Crippen molar-refractivity contribution in [3.63, 3.8) is 0 Å². The minimum absolute atomic E-state index is 0.216. The van der Waals surface area contributed by atoms with Crippen molar-refractivity contribution in [3.05, 3.63) is 11.9 Å². The van der Waals surface area contributed by atoms with Crippen molar-refractivity contribution in [1.29, 1.82) is 0 Å². The molecule has 18 heavy (non-hydrogen) atoms. The molecule has 1 amide bonds. The Bertz CT molecular complexity index is 387. The van der Waals surface area contributed by atoms with Crippen molar-refractivity contribution in [3.8, 4) is 0 Å². The largest absolute Gasteiger partial charge is 0.379 e. The van der Waals surface area contributed by atoms with E-state index in [1.165, 1.54) is 25.7 Å². The fraction of sp³-hybridized carbons (Fsp3) is 0.727. The molecule has 1 saturated carbocycles. The summed E-state index contributed by atoms with van der Waals surface area (Å²) in [5, 5.41) is 7.53. The summed E-state index contributed by atoms with van der Waals surface area (Å²) in [4.78, 5) is 11.1. The molecule has 0 atom stereocenters. The molecule has 1 aliphatic carbocycles. The van der Waals surface area contributed by atoms with E-state index in [0.29, 0.717) is 13.2 Å². The first-order valence-electron chi connectivity index (χ1n) is 6.28. The molecule has 0 bridgehead atoms. The first-order valence-corrected chi connectivity index (χ1v) is 6.28. The Labute approximate surface area is 106 Å². The molecule has 0 saturated heterocycles. The molecule has 1 aromatic rings. The van der Waals surface area contributed by atoms with Gasteiger partial charge in [-0.3, -0.25) is 10.2 Å². The summed E-state index contributed by atoms with van der Waals surface area (Å²) >= 11 is 0. The van der Waals surface area contributed by atoms with E-state index in [-0.39, 0.29) is 5.69 Å². The number of hydrogen-bond donors (Lipinski definition) is 2. The topological polar surface area (TPSA) is 95.1 Å². The zero-order valence-electron chi connectivity index (χ0n) is 10.3. The van der Waals surface area contributed by atoms with Gasteiger partial charge in [0.1, 0.15) is 0 Å². The third kappa shape index (κ3) is 3.51. The molecule has 3 N–H and O–H groups in total. The van der Waals surface area contributed by atoms with Crippen LogP contribution in [0.2, 0.25) is 0 Å². The maximum Gasteiger partial charge on any atom is 0.287 e. The van der Waals surface area contributed by atoms with Gasteiger partial charge in [-0.05, 0) is 18.8 Å². The number of amides is 1. The van der Waals surface area contributed by atoms with E-state index in [4.69, 9.17) is 10.6 Å². The van der Waals surface area contributed by atoms with Gasteiger partial charge < -0.3 is 4.74 Å². The zero-order valence-corrected chi connectivity index (χ0v) is 10.3. The maximum atomic E-state index is 11.1. The highest BCUT2D eigenvalue weighted by Crippen LogP contribution is 2.24. The molecule has 0 aliphatic heterocycles. The number of rotatable bonds is 6. The number of carbonyl (C=O) groups excluding carboxylic acids is 1. The zero-order chi connectivity index (χ0) is 12.8. The van der Waals surface area contributed by atoms with Crippen LogP contribution in [0.4, 0.5) is 0 Å². The normalized spacial score (nSPS) is 16.1. The van der Waals surface area contributed by atoms with Crippen LogP contribution >= 0.6 is 0 Å². The monoisotopic (exact) mass is 253 g/mol. The third-order valence-corrected chi connectivity index (χ3v) is 3.20. The van der Waals surface area contributed by atoms with Gasteiger partial charge >= 0.3 is 0 Å². The van der Waals surface area contributed by atoms with E-state index in [1.807, 2.05) is 5.43 Å². The number of hydrogen-bond acceptors (Lipinski definition) is 5. The third-order valence-electron chi connectivity index (χ3n) is 3.20. The van der Waals surface area contributed by atoms with E-state index in [0.717, 1.165) is 12.5 Å². The van der Waals surface area contributed by atoms with E-state index >= 15 is 0 Å². The van der Waals surface area contributed by atoms with E-state index < -0.39 is 5.91 Å². The molecule has 100 valence electrons. The molecule has 2 rings (SSSR count). The van der Waals surface area contributed by atoms with Crippen LogP contribution in [0.25, 0.3) is 0 Å². The van der Waals surface area contributed by atoms with Crippen molar-refractivity contribution in [2.24, 2.45) is 11.8 Å². The van der Waals surface area contributed by atoms with Gasteiger partial charge in [0.25, 0.3) is 5.91 Å². The highest BCUT2D eigenvalue weighted by molar-refractivity contribution is 5.91. The lowest BCUT2D eigenvalue weighted by Gasteiger charge is -2.09. The van der Waals surface area contributed by atoms with E-state index in [9.17, 15) is 4.79 Å². The smallest absolute Gasteiger partial charge is 0.287 e. The van der Waals surface area contributed by atoms with E-state index in [1.54, 1.807) is 10.9 Å². The number of nitrogen functional groups attached to an aromatic ring is 1. The Balaban J connectivity index is 1.66. The molecule has 7 heteroatoms. The van der Waals surface area contributed by atoms with Crippen molar-refractivity contribution in [2.75, 3.05) is 13.2 Å². The molecular weight excluding hydrogens is 234 g/mol. The number of nitrogens with zero attached hydrogens (tertiary/aromatic N) is 3.